The number of nitrogens with two attached hydrogens (primary N) is 1. The smallest absolute Gasteiger partial charge is 0.0815 e. The van der Waals surface area contributed by atoms with E-state index in [9.17, 15) is 4.21 Å². The highest BCUT2D eigenvalue weighted by Crippen LogP contribution is 2.24. The lowest BCUT2D eigenvalue weighted by atomic mass is 10.1. The summed E-state index contributed by atoms with van der Waals surface area (Å²) < 4.78 is 17.7. The van der Waals surface area contributed by atoms with Crippen molar-refractivity contribution in [2.24, 2.45) is 5.73 Å². The largest absolute Gasteiger partial charge is 0.376 e. The van der Waals surface area contributed by atoms with Crippen LogP contribution in [0, 0.1) is 0 Å². The van der Waals surface area contributed by atoms with Gasteiger partial charge in [-0.2, -0.15) is 0 Å². The molecule has 100 valence electrons. The number of aryl methyl sites for hydroxylation is 2. The van der Waals surface area contributed by atoms with Gasteiger partial charge in [0.15, 0.2) is 0 Å². The van der Waals surface area contributed by atoms with E-state index in [1.165, 1.54) is 17.5 Å². The third-order valence-corrected chi connectivity index (χ3v) is 4.79. The lowest BCUT2D eigenvalue weighted by Gasteiger charge is -2.14. The van der Waals surface area contributed by atoms with Crippen LogP contribution in [0.4, 0.5) is 0 Å². The van der Waals surface area contributed by atoms with Crippen molar-refractivity contribution < 1.29 is 8.95 Å². The topological polar surface area (TPSA) is 52.3 Å². The number of benzene rings is 1. The zero-order valence-corrected chi connectivity index (χ0v) is 11.7. The summed E-state index contributed by atoms with van der Waals surface area (Å²) in [5.41, 5.74) is 8.39. The fourth-order valence-electron chi connectivity index (χ4n) is 2.37. The molecule has 0 radical (unpaired) electrons. The van der Waals surface area contributed by atoms with Crippen LogP contribution >= 0.6 is 0 Å². The van der Waals surface area contributed by atoms with Gasteiger partial charge in [-0.25, -0.2) is 0 Å². The second-order valence-electron chi connectivity index (χ2n) is 4.61. The van der Waals surface area contributed by atoms with Gasteiger partial charge < -0.3 is 10.5 Å². The van der Waals surface area contributed by atoms with Gasteiger partial charge in [0.2, 0.25) is 0 Å². The molecule has 0 fully saturated rings. The standard InChI is InChI=1S/C14H21NO2S/c1-2-17-13(9-15)10-18(16)14-7-6-11-4-3-5-12(11)8-14/h6-8,13H,2-5,9-10,15H2,1H3. The number of hydrogen-bond acceptors (Lipinski definition) is 3. The molecule has 0 aromatic heterocycles. The predicted molar refractivity (Wildman–Crippen MR) is 74.2 cm³/mol. The van der Waals surface area contributed by atoms with E-state index < -0.39 is 10.8 Å². The molecular weight excluding hydrogens is 246 g/mol. The molecule has 1 aliphatic carbocycles. The highest BCUT2D eigenvalue weighted by atomic mass is 32.2. The zero-order valence-electron chi connectivity index (χ0n) is 10.9. The SMILES string of the molecule is CCOC(CN)CS(=O)c1ccc2c(c1)CCC2. The van der Waals surface area contributed by atoms with Crippen LogP contribution in [0.2, 0.25) is 0 Å². The Balaban J connectivity index is 2.04. The van der Waals surface area contributed by atoms with E-state index in [1.54, 1.807) is 0 Å². The fraction of sp³-hybridized carbons (Fsp3) is 0.571. The Labute approximate surface area is 111 Å². The van der Waals surface area contributed by atoms with Gasteiger partial charge in [0.05, 0.1) is 22.7 Å². The van der Waals surface area contributed by atoms with Crippen molar-refractivity contribution in [3.63, 3.8) is 0 Å². The van der Waals surface area contributed by atoms with Crippen molar-refractivity contribution in [3.05, 3.63) is 29.3 Å². The van der Waals surface area contributed by atoms with Crippen molar-refractivity contribution in [3.8, 4) is 0 Å². The first kappa shape index (κ1) is 13.7. The highest BCUT2D eigenvalue weighted by molar-refractivity contribution is 7.85. The van der Waals surface area contributed by atoms with Crippen molar-refractivity contribution >= 4 is 10.8 Å². The molecule has 0 spiro atoms. The number of hydrogen-bond donors (Lipinski definition) is 1. The van der Waals surface area contributed by atoms with Gasteiger partial charge in [-0.05, 0) is 49.4 Å². The van der Waals surface area contributed by atoms with Gasteiger partial charge in [-0.1, -0.05) is 6.07 Å². The fourth-order valence-corrected chi connectivity index (χ4v) is 3.63. The van der Waals surface area contributed by atoms with Gasteiger partial charge in [0, 0.05) is 18.0 Å². The van der Waals surface area contributed by atoms with Gasteiger partial charge in [0.1, 0.15) is 0 Å². The van der Waals surface area contributed by atoms with Gasteiger partial charge >= 0.3 is 0 Å². The van der Waals surface area contributed by atoms with E-state index in [0.29, 0.717) is 18.9 Å². The Morgan fingerprint density at radius 3 is 2.89 bits per heavy atom. The third kappa shape index (κ3) is 3.19. The molecule has 1 aliphatic rings. The molecule has 2 atom stereocenters. The van der Waals surface area contributed by atoms with Crippen LogP contribution in [-0.2, 0) is 28.4 Å². The molecule has 1 aromatic carbocycles. The molecule has 0 aliphatic heterocycles. The Bertz CT molecular complexity index is 434. The minimum atomic E-state index is -1.01. The second-order valence-corrected chi connectivity index (χ2v) is 6.11. The molecule has 2 rings (SSSR count). The quantitative estimate of drug-likeness (QED) is 0.852. The molecule has 2 unspecified atom stereocenters. The Morgan fingerprint density at radius 2 is 2.17 bits per heavy atom. The molecule has 0 heterocycles. The summed E-state index contributed by atoms with van der Waals surface area (Å²) in [6.07, 6.45) is 3.39. The van der Waals surface area contributed by atoms with Gasteiger partial charge in [-0.15, -0.1) is 0 Å². The summed E-state index contributed by atoms with van der Waals surface area (Å²) in [5.74, 6) is 0.489. The molecule has 0 saturated heterocycles. The van der Waals surface area contributed by atoms with Crippen LogP contribution in [-0.4, -0.2) is 29.2 Å². The van der Waals surface area contributed by atoms with E-state index >= 15 is 0 Å². The Morgan fingerprint density at radius 1 is 1.39 bits per heavy atom. The Hall–Kier alpha value is -0.710. The van der Waals surface area contributed by atoms with E-state index in [4.69, 9.17) is 10.5 Å². The van der Waals surface area contributed by atoms with E-state index in [1.807, 2.05) is 13.0 Å². The summed E-state index contributed by atoms with van der Waals surface area (Å²) in [5, 5.41) is 0. The second kappa shape index (κ2) is 6.45. The summed E-state index contributed by atoms with van der Waals surface area (Å²) in [6, 6.07) is 6.20. The molecule has 1 aromatic rings. The monoisotopic (exact) mass is 267 g/mol. The molecule has 3 nitrogen and oxygen atoms in total. The van der Waals surface area contributed by atoms with Crippen LogP contribution in [0.3, 0.4) is 0 Å². The van der Waals surface area contributed by atoms with Crippen molar-refractivity contribution in [1.29, 1.82) is 0 Å². The third-order valence-electron chi connectivity index (χ3n) is 3.34. The minimum absolute atomic E-state index is 0.107. The molecule has 0 amide bonds. The number of fused-ring (bicyclic) bond motifs is 1. The maximum absolute atomic E-state index is 12.3. The maximum atomic E-state index is 12.3. The zero-order chi connectivity index (χ0) is 13.0. The summed E-state index contributed by atoms with van der Waals surface area (Å²) in [4.78, 5) is 0.911. The average Bonchev–Trinajstić information content (AvgIpc) is 2.85. The first-order chi connectivity index (χ1) is 8.74. The lowest BCUT2D eigenvalue weighted by Crippen LogP contribution is -2.29. The summed E-state index contributed by atoms with van der Waals surface area (Å²) in [7, 11) is -1.01. The van der Waals surface area contributed by atoms with Crippen molar-refractivity contribution in [2.75, 3.05) is 18.9 Å². The van der Waals surface area contributed by atoms with E-state index in [0.717, 1.165) is 17.7 Å². The highest BCUT2D eigenvalue weighted by Gasteiger charge is 2.16. The molecule has 2 N–H and O–H groups in total. The van der Waals surface area contributed by atoms with Crippen molar-refractivity contribution in [1.82, 2.24) is 0 Å². The molecular formula is C14H21NO2S. The molecule has 4 heteroatoms. The molecule has 0 saturated carbocycles. The average molecular weight is 267 g/mol. The van der Waals surface area contributed by atoms with Crippen molar-refractivity contribution in [2.45, 2.75) is 37.2 Å². The van der Waals surface area contributed by atoms with E-state index in [-0.39, 0.29) is 6.10 Å². The van der Waals surface area contributed by atoms with E-state index in [2.05, 4.69) is 12.1 Å². The van der Waals surface area contributed by atoms with Gasteiger partial charge in [0.25, 0.3) is 0 Å². The Kier molecular flexibility index (Phi) is 4.92. The van der Waals surface area contributed by atoms with Crippen LogP contribution in [0.15, 0.2) is 23.1 Å². The maximum Gasteiger partial charge on any atom is 0.0815 e. The summed E-state index contributed by atoms with van der Waals surface area (Å²) >= 11 is 0. The normalized spacial score (nSPS) is 17.4. The number of rotatable bonds is 6. The first-order valence-electron chi connectivity index (χ1n) is 6.56. The predicted octanol–water partition coefficient (Wildman–Crippen LogP) is 1.65. The minimum Gasteiger partial charge on any atom is -0.376 e. The first-order valence-corrected chi connectivity index (χ1v) is 7.88. The van der Waals surface area contributed by atoms with Crippen LogP contribution < -0.4 is 5.73 Å². The van der Waals surface area contributed by atoms with Crippen LogP contribution in [0.5, 0.6) is 0 Å². The summed E-state index contributed by atoms with van der Waals surface area (Å²) in [6.45, 7) is 2.97. The number of ether oxygens (including phenoxy) is 1. The van der Waals surface area contributed by atoms with Crippen LogP contribution in [0.25, 0.3) is 0 Å². The lowest BCUT2D eigenvalue weighted by molar-refractivity contribution is 0.0852. The molecule has 0 bridgehead atoms. The van der Waals surface area contributed by atoms with Crippen LogP contribution in [0.1, 0.15) is 24.5 Å². The molecule has 18 heavy (non-hydrogen) atoms. The van der Waals surface area contributed by atoms with Gasteiger partial charge in [-0.3, -0.25) is 4.21 Å².